The van der Waals surface area contributed by atoms with E-state index in [1.165, 1.54) is 0 Å². The zero-order valence-electron chi connectivity index (χ0n) is 18.1. The lowest BCUT2D eigenvalue weighted by atomic mass is 10.1. The highest BCUT2D eigenvalue weighted by atomic mass is 127. The van der Waals surface area contributed by atoms with Crippen LogP contribution in [0.2, 0.25) is 0 Å². The van der Waals surface area contributed by atoms with Crippen LogP contribution in [-0.2, 0) is 27.4 Å². The molecular formula is C21H33F3IN3O3. The monoisotopic (exact) mass is 559 g/mol. The van der Waals surface area contributed by atoms with Crippen LogP contribution < -0.4 is 5.32 Å². The number of nitrogens with zero attached hydrogens (tertiary/aromatic N) is 2. The van der Waals surface area contributed by atoms with Crippen LogP contribution in [0, 0.1) is 0 Å². The van der Waals surface area contributed by atoms with Crippen LogP contribution >= 0.6 is 24.0 Å². The summed E-state index contributed by atoms with van der Waals surface area (Å²) in [6, 6.07) is 7.34. The number of aliphatic imine (C=N–C) groups is 1. The number of guanidine groups is 1. The Labute approximate surface area is 199 Å². The Morgan fingerprint density at radius 1 is 1.19 bits per heavy atom. The quantitative estimate of drug-likeness (QED) is 0.204. The molecule has 10 heteroatoms. The van der Waals surface area contributed by atoms with Gasteiger partial charge in [-0.2, -0.15) is 13.2 Å². The molecule has 0 saturated carbocycles. The Morgan fingerprint density at radius 2 is 1.90 bits per heavy atom. The maximum Gasteiger partial charge on any atom is 0.411 e. The number of methoxy groups -OCH3 is 1. The van der Waals surface area contributed by atoms with Gasteiger partial charge in [0.25, 0.3) is 0 Å². The standard InChI is InChI=1S/C21H32F3N3O3.HI/c1-25-20(27-9-7-19(8-10-27)30-12-4-11-28-2)26-14-17-5-3-6-18(13-17)15-29-16-21(22,23)24;/h3,5-6,13,19H,4,7-12,14-16H2,1-2H3,(H,25,26);1H. The van der Waals surface area contributed by atoms with Crippen molar-refractivity contribution in [3.63, 3.8) is 0 Å². The summed E-state index contributed by atoms with van der Waals surface area (Å²) in [6.07, 6.45) is -1.25. The Hall–Kier alpha value is -1.11. The minimum absolute atomic E-state index is 0. The number of piperidine rings is 1. The van der Waals surface area contributed by atoms with E-state index in [4.69, 9.17) is 14.2 Å². The molecule has 0 aromatic heterocycles. The molecule has 1 heterocycles. The van der Waals surface area contributed by atoms with E-state index < -0.39 is 12.8 Å². The smallest absolute Gasteiger partial charge is 0.385 e. The highest BCUT2D eigenvalue weighted by Gasteiger charge is 2.27. The number of nitrogens with one attached hydrogen (secondary N) is 1. The number of likely N-dealkylation sites (tertiary alicyclic amines) is 1. The molecule has 1 aromatic carbocycles. The molecule has 0 spiro atoms. The van der Waals surface area contributed by atoms with Crippen LogP contribution in [0.3, 0.4) is 0 Å². The Morgan fingerprint density at radius 3 is 2.55 bits per heavy atom. The fraction of sp³-hybridized carbons (Fsp3) is 0.667. The van der Waals surface area contributed by atoms with E-state index in [-0.39, 0.29) is 36.7 Å². The summed E-state index contributed by atoms with van der Waals surface area (Å²) in [4.78, 5) is 6.56. The number of hydrogen-bond acceptors (Lipinski definition) is 4. The third kappa shape index (κ3) is 11.4. The normalized spacial score (nSPS) is 15.6. The second-order valence-corrected chi connectivity index (χ2v) is 7.23. The molecule has 0 unspecified atom stereocenters. The maximum absolute atomic E-state index is 12.2. The Balaban J connectivity index is 0.00000480. The summed E-state index contributed by atoms with van der Waals surface area (Å²) in [7, 11) is 3.44. The summed E-state index contributed by atoms with van der Waals surface area (Å²) >= 11 is 0. The molecule has 178 valence electrons. The third-order valence-electron chi connectivity index (χ3n) is 4.78. The number of alkyl halides is 3. The molecule has 1 fully saturated rings. The topological polar surface area (TPSA) is 55.3 Å². The minimum atomic E-state index is -4.31. The van der Waals surface area contributed by atoms with Crippen molar-refractivity contribution in [2.24, 2.45) is 4.99 Å². The lowest BCUT2D eigenvalue weighted by Crippen LogP contribution is -2.46. The van der Waals surface area contributed by atoms with Crippen molar-refractivity contribution < 1.29 is 27.4 Å². The number of rotatable bonds is 10. The summed E-state index contributed by atoms with van der Waals surface area (Å²) in [5, 5.41) is 3.34. The van der Waals surface area contributed by atoms with Crippen molar-refractivity contribution in [1.82, 2.24) is 10.2 Å². The molecule has 0 radical (unpaired) electrons. The van der Waals surface area contributed by atoms with Gasteiger partial charge in [0.1, 0.15) is 6.61 Å². The molecule has 1 aromatic rings. The average molecular weight is 559 g/mol. The predicted octanol–water partition coefficient (Wildman–Crippen LogP) is 3.98. The first-order chi connectivity index (χ1) is 14.4. The number of benzene rings is 1. The molecule has 31 heavy (non-hydrogen) atoms. The van der Waals surface area contributed by atoms with E-state index in [0.717, 1.165) is 43.9 Å². The van der Waals surface area contributed by atoms with Gasteiger partial charge in [0.2, 0.25) is 0 Å². The van der Waals surface area contributed by atoms with E-state index in [1.807, 2.05) is 18.2 Å². The highest BCUT2D eigenvalue weighted by Crippen LogP contribution is 2.17. The molecule has 6 nitrogen and oxygen atoms in total. The van der Waals surface area contributed by atoms with Crippen molar-refractivity contribution in [3.8, 4) is 0 Å². The van der Waals surface area contributed by atoms with Crippen molar-refractivity contribution in [2.45, 2.75) is 44.7 Å². The van der Waals surface area contributed by atoms with Crippen molar-refractivity contribution in [2.75, 3.05) is 47.1 Å². The molecular weight excluding hydrogens is 526 g/mol. The van der Waals surface area contributed by atoms with Crippen LogP contribution in [0.5, 0.6) is 0 Å². The summed E-state index contributed by atoms with van der Waals surface area (Å²) in [5.41, 5.74) is 1.67. The van der Waals surface area contributed by atoms with Crippen LogP contribution in [0.15, 0.2) is 29.3 Å². The number of ether oxygens (including phenoxy) is 3. The van der Waals surface area contributed by atoms with Crippen LogP contribution in [-0.4, -0.2) is 70.2 Å². The van der Waals surface area contributed by atoms with Crippen molar-refractivity contribution in [1.29, 1.82) is 0 Å². The van der Waals surface area contributed by atoms with E-state index in [0.29, 0.717) is 25.3 Å². The van der Waals surface area contributed by atoms with Gasteiger partial charge >= 0.3 is 6.18 Å². The van der Waals surface area contributed by atoms with Crippen molar-refractivity contribution in [3.05, 3.63) is 35.4 Å². The first-order valence-electron chi connectivity index (χ1n) is 10.2. The summed E-state index contributed by atoms with van der Waals surface area (Å²) in [6.45, 7) is 2.38. The molecule has 1 saturated heterocycles. The molecule has 1 N–H and O–H groups in total. The largest absolute Gasteiger partial charge is 0.411 e. The van der Waals surface area contributed by atoms with Crippen molar-refractivity contribution >= 4 is 29.9 Å². The summed E-state index contributed by atoms with van der Waals surface area (Å²) in [5.74, 6) is 0.812. The molecule has 2 rings (SSSR count). The lowest BCUT2D eigenvalue weighted by molar-refractivity contribution is -0.176. The molecule has 0 amide bonds. The molecule has 1 aliphatic rings. The van der Waals surface area contributed by atoms with Gasteiger partial charge in [0.15, 0.2) is 5.96 Å². The van der Waals surface area contributed by atoms with E-state index >= 15 is 0 Å². The van der Waals surface area contributed by atoms with E-state index in [1.54, 1.807) is 20.2 Å². The molecule has 0 atom stereocenters. The Bertz CT molecular complexity index is 654. The summed E-state index contributed by atoms with van der Waals surface area (Å²) < 4.78 is 52.3. The molecule has 1 aliphatic heterocycles. The highest BCUT2D eigenvalue weighted by molar-refractivity contribution is 14.0. The van der Waals surface area contributed by atoms with Gasteiger partial charge < -0.3 is 24.4 Å². The first kappa shape index (κ1) is 27.9. The molecule has 0 aliphatic carbocycles. The van der Waals surface area contributed by atoms with Gasteiger partial charge in [-0.25, -0.2) is 0 Å². The van der Waals surface area contributed by atoms with Crippen LogP contribution in [0.25, 0.3) is 0 Å². The van der Waals surface area contributed by atoms with Gasteiger partial charge in [-0.15, -0.1) is 24.0 Å². The fourth-order valence-corrected chi connectivity index (χ4v) is 3.31. The van der Waals surface area contributed by atoms with Gasteiger partial charge in [-0.05, 0) is 30.4 Å². The minimum Gasteiger partial charge on any atom is -0.385 e. The fourth-order valence-electron chi connectivity index (χ4n) is 3.31. The second kappa shape index (κ2) is 14.9. The molecule has 0 bridgehead atoms. The second-order valence-electron chi connectivity index (χ2n) is 7.23. The van der Waals surface area contributed by atoms with Gasteiger partial charge in [0.05, 0.1) is 12.7 Å². The first-order valence-corrected chi connectivity index (χ1v) is 10.2. The lowest BCUT2D eigenvalue weighted by Gasteiger charge is -2.34. The van der Waals surface area contributed by atoms with Gasteiger partial charge in [0, 0.05) is 47.0 Å². The van der Waals surface area contributed by atoms with E-state index in [9.17, 15) is 13.2 Å². The van der Waals surface area contributed by atoms with Gasteiger partial charge in [-0.1, -0.05) is 24.3 Å². The average Bonchev–Trinajstić information content (AvgIpc) is 2.72. The van der Waals surface area contributed by atoms with Crippen LogP contribution in [0.1, 0.15) is 30.4 Å². The van der Waals surface area contributed by atoms with Gasteiger partial charge in [-0.3, -0.25) is 4.99 Å². The number of hydrogen-bond donors (Lipinski definition) is 1. The SMILES string of the molecule is CN=C(NCc1cccc(COCC(F)(F)F)c1)N1CCC(OCCCOC)CC1.I. The maximum atomic E-state index is 12.2. The van der Waals surface area contributed by atoms with E-state index in [2.05, 4.69) is 15.2 Å². The van der Waals surface area contributed by atoms with Crippen LogP contribution in [0.4, 0.5) is 13.2 Å². The third-order valence-corrected chi connectivity index (χ3v) is 4.78. The predicted molar refractivity (Wildman–Crippen MR) is 125 cm³/mol. The number of halogens is 4. The Kier molecular flexibility index (Phi) is 13.4. The zero-order valence-corrected chi connectivity index (χ0v) is 20.4. The zero-order chi connectivity index (χ0) is 21.8.